The Kier molecular flexibility index (Phi) is 53.6. The fraction of sp³-hybridized carbons (Fsp3) is 0.984. The number of phosphoric acid groups is 4. The Hall–Kier alpha value is -0.970. The predicted octanol–water partition coefficient (Wildman–Crippen LogP) is 1.37. The van der Waals surface area contributed by atoms with Crippen molar-refractivity contribution in [2.45, 2.75) is 216 Å². The molecule has 0 radical (unpaired) electrons. The van der Waals surface area contributed by atoms with Gasteiger partial charge in [0, 0.05) is 85.3 Å². The summed E-state index contributed by atoms with van der Waals surface area (Å²) in [5, 5.41) is 102. The number of methoxy groups -OCH3 is 1. The van der Waals surface area contributed by atoms with E-state index >= 15 is 0 Å². The minimum Gasteiger partial charge on any atom is -0.394 e. The number of aliphatic hydroxyl groups is 10. The van der Waals surface area contributed by atoms with Gasteiger partial charge in [0.05, 0.1) is 123 Å². The molecule has 0 aliphatic carbocycles. The van der Waals surface area contributed by atoms with Gasteiger partial charge in [0.2, 0.25) is 5.91 Å². The van der Waals surface area contributed by atoms with Crippen LogP contribution in [0.5, 0.6) is 0 Å². The van der Waals surface area contributed by atoms with Crippen molar-refractivity contribution in [2.24, 2.45) is 17.3 Å². The van der Waals surface area contributed by atoms with Gasteiger partial charge in [-0.1, -0.05) is 52.4 Å². The molecule has 0 bridgehead atoms. The highest BCUT2D eigenvalue weighted by Crippen LogP contribution is 2.47. The van der Waals surface area contributed by atoms with E-state index in [4.69, 9.17) is 93.0 Å². The average Bonchev–Trinajstić information content (AvgIpc) is 0.824. The Morgan fingerprint density at radius 2 is 0.704 bits per heavy atom. The zero-order valence-corrected chi connectivity index (χ0v) is 66.3. The van der Waals surface area contributed by atoms with Crippen molar-refractivity contribution >= 4 is 37.2 Å². The SMILES string of the molecule is COCCCOCC(CO)OCCCOP(=O)(O)OCC(COCCCOP(=O)(O)OCCCCCCO[C@@H]1OC(CO)[C@H](O)[C@H](O)C1C)(COCCCOP(=O)(O)OCCCCCCO[C@@H]1OC(CO)[C@H](O)[C@H](O)C1C)COCCCOP(=O)(O)OCCCCCCO[C@@H]1OC(CO)[C@H](O)[C@H](O)C1NC(C)=O. The number of phosphoric ester groups is 4. The van der Waals surface area contributed by atoms with Gasteiger partial charge in [-0.05, 0) is 70.6 Å². The molecule has 0 saturated carbocycles. The maximum atomic E-state index is 13.5. The van der Waals surface area contributed by atoms with E-state index in [2.05, 4.69) is 5.32 Å². The normalized spacial score (nSPS) is 28.0. The van der Waals surface area contributed by atoms with E-state index in [0.717, 1.165) is 0 Å². The first-order valence-corrected chi connectivity index (χ1v) is 43.0. The van der Waals surface area contributed by atoms with Crippen molar-refractivity contribution < 1.29 is 187 Å². The first-order chi connectivity index (χ1) is 51.5. The molecule has 0 spiro atoms. The summed E-state index contributed by atoms with van der Waals surface area (Å²) in [5.74, 6) is -1.59. The molecular formula is C64H127NO39P4. The second-order valence-corrected chi connectivity index (χ2v) is 32.4. The molecule has 3 aliphatic heterocycles. The number of unbranched alkanes of at least 4 members (excludes halogenated alkanes) is 9. The Morgan fingerprint density at radius 1 is 0.389 bits per heavy atom. The molecule has 108 heavy (non-hydrogen) atoms. The molecule has 642 valence electrons. The second kappa shape index (κ2) is 57.2. The second-order valence-electron chi connectivity index (χ2n) is 26.6. The maximum absolute atomic E-state index is 13.5. The molecule has 3 saturated heterocycles. The molecule has 3 fully saturated rings. The van der Waals surface area contributed by atoms with E-state index in [1.807, 2.05) is 0 Å². The minimum absolute atomic E-state index is 0.000707. The van der Waals surface area contributed by atoms with Gasteiger partial charge >= 0.3 is 31.3 Å². The highest BCUT2D eigenvalue weighted by molar-refractivity contribution is 7.48. The smallest absolute Gasteiger partial charge is 0.394 e. The Morgan fingerprint density at radius 3 is 1.06 bits per heavy atom. The molecule has 0 aromatic rings. The van der Waals surface area contributed by atoms with Crippen molar-refractivity contribution in [2.75, 3.05) is 172 Å². The highest BCUT2D eigenvalue weighted by atomic mass is 31.2. The van der Waals surface area contributed by atoms with Crippen LogP contribution in [0.2, 0.25) is 0 Å². The third-order valence-corrected chi connectivity index (χ3v) is 21.2. The van der Waals surface area contributed by atoms with Crippen molar-refractivity contribution in [3.8, 4) is 0 Å². The van der Waals surface area contributed by atoms with Crippen LogP contribution in [-0.4, -0.2) is 335 Å². The standard InChI is InChI=1S/C64H127NO39P4/c1-47-55(71)57(73)51(39-67)102-61(47)91-27-11-5-8-14-31-94-105(77,78)97-34-18-24-87-43-64(46-101-108(83,84)100-37-21-30-90-50(38-66)42-86-23-17-22-85-4,44-88-25-19-35-98-106(79,80)95-32-15-9-6-12-28-92-62-48(2)56(72)58(74)52(40-68)103-62)45-89-26-20-36-99-107(81,82)96-33-16-10-7-13-29-93-63-54(65-49(3)70)60(76)59(75)53(41-69)104-63/h47-48,50-63,66-69,71-76H,5-46H2,1-4H3,(H,65,70)(H,77,78)(H,79,80)(H,81,82)(H,83,84)/t47?,48?,50?,51?,52?,53?,54?,55-,56-,57+,58+,59+,60-,61-,62-,63-,64?/m1/s1. The monoisotopic (exact) mass is 1660 g/mol. The average molecular weight is 1660 g/mol. The van der Waals surface area contributed by atoms with Gasteiger partial charge < -0.3 is 133 Å². The molecule has 40 nitrogen and oxygen atoms in total. The van der Waals surface area contributed by atoms with Gasteiger partial charge in [0.15, 0.2) is 18.9 Å². The molecule has 3 aliphatic rings. The number of aliphatic hydroxyl groups excluding tert-OH is 10. The summed E-state index contributed by atoms with van der Waals surface area (Å²) >= 11 is 0. The van der Waals surface area contributed by atoms with Crippen LogP contribution in [0.1, 0.15) is 130 Å². The van der Waals surface area contributed by atoms with E-state index in [1.165, 1.54) is 6.92 Å². The first-order valence-electron chi connectivity index (χ1n) is 37.0. The molecule has 20 atom stereocenters. The van der Waals surface area contributed by atoms with Crippen molar-refractivity contribution in [3.05, 3.63) is 0 Å². The number of hydrogen-bond acceptors (Lipinski definition) is 35. The summed E-state index contributed by atoms with van der Waals surface area (Å²) in [6.45, 7) is 0.291. The Labute approximate surface area is 632 Å². The van der Waals surface area contributed by atoms with Gasteiger partial charge in [-0.3, -0.25) is 41.0 Å². The lowest BCUT2D eigenvalue weighted by molar-refractivity contribution is -0.282. The molecule has 3 rings (SSSR count). The topological polar surface area (TPSA) is 565 Å². The fourth-order valence-electron chi connectivity index (χ4n) is 10.9. The molecular weight excluding hydrogens is 1530 g/mol. The number of amides is 1. The van der Waals surface area contributed by atoms with Crippen LogP contribution in [0, 0.1) is 17.3 Å². The van der Waals surface area contributed by atoms with Crippen LogP contribution in [0.3, 0.4) is 0 Å². The van der Waals surface area contributed by atoms with Crippen LogP contribution in [-0.2, 0) is 116 Å². The lowest BCUT2D eigenvalue weighted by atomic mass is 9.92. The molecule has 44 heteroatoms. The van der Waals surface area contributed by atoms with Crippen LogP contribution < -0.4 is 5.32 Å². The number of ether oxygens (including phenoxy) is 12. The number of rotatable bonds is 68. The zero-order chi connectivity index (χ0) is 79.9. The number of carbonyl (C=O) groups excluding carboxylic acids is 1. The summed E-state index contributed by atoms with van der Waals surface area (Å²) in [5.41, 5.74) is -1.49. The summed E-state index contributed by atoms with van der Waals surface area (Å²) in [6.07, 6.45) is -7.34. The van der Waals surface area contributed by atoms with Crippen molar-refractivity contribution in [3.63, 3.8) is 0 Å². The number of carbonyl (C=O) groups is 1. The van der Waals surface area contributed by atoms with Crippen LogP contribution in [0.4, 0.5) is 0 Å². The Balaban J connectivity index is 1.60. The highest BCUT2D eigenvalue weighted by Gasteiger charge is 2.47. The first kappa shape index (κ1) is 101. The van der Waals surface area contributed by atoms with E-state index < -0.39 is 167 Å². The quantitative estimate of drug-likeness (QED) is 0.0302. The van der Waals surface area contributed by atoms with Crippen LogP contribution in [0.25, 0.3) is 0 Å². The predicted molar refractivity (Wildman–Crippen MR) is 377 cm³/mol. The van der Waals surface area contributed by atoms with Gasteiger partial charge in [-0.25, -0.2) is 18.3 Å². The summed E-state index contributed by atoms with van der Waals surface area (Å²) in [4.78, 5) is 54.0. The molecule has 0 aromatic heterocycles. The summed E-state index contributed by atoms with van der Waals surface area (Å²) in [6, 6.07) is -1.10. The lowest BCUT2D eigenvalue weighted by Crippen LogP contribution is -2.64. The van der Waals surface area contributed by atoms with E-state index in [9.17, 15) is 93.7 Å². The van der Waals surface area contributed by atoms with Crippen molar-refractivity contribution in [1.29, 1.82) is 0 Å². The van der Waals surface area contributed by atoms with Gasteiger partial charge in [-0.2, -0.15) is 0 Å². The van der Waals surface area contributed by atoms with Gasteiger partial charge in [-0.15, -0.1) is 0 Å². The van der Waals surface area contributed by atoms with Crippen LogP contribution in [0.15, 0.2) is 0 Å². The fourth-order valence-corrected chi connectivity index (χ4v) is 14.2. The van der Waals surface area contributed by atoms with E-state index in [1.54, 1.807) is 21.0 Å². The maximum Gasteiger partial charge on any atom is 0.472 e. The number of hydrogen-bond donors (Lipinski definition) is 15. The zero-order valence-electron chi connectivity index (χ0n) is 62.7. The van der Waals surface area contributed by atoms with Crippen LogP contribution >= 0.6 is 31.3 Å². The number of nitrogens with one attached hydrogen (secondary N) is 1. The molecule has 1 amide bonds. The molecule has 15 N–H and O–H groups in total. The molecule has 0 aromatic carbocycles. The van der Waals surface area contributed by atoms with E-state index in [0.29, 0.717) is 96.7 Å². The van der Waals surface area contributed by atoms with Gasteiger partial charge in [0.1, 0.15) is 54.9 Å². The van der Waals surface area contributed by atoms with E-state index in [-0.39, 0.29) is 151 Å². The molecule has 3 heterocycles. The molecule has 11 unspecified atom stereocenters. The third kappa shape index (κ3) is 42.8. The van der Waals surface area contributed by atoms with Crippen molar-refractivity contribution in [1.82, 2.24) is 5.32 Å². The summed E-state index contributed by atoms with van der Waals surface area (Å²) in [7, 11) is -17.0. The third-order valence-electron chi connectivity index (χ3n) is 17.2. The lowest BCUT2D eigenvalue weighted by Gasteiger charge is -2.42. The van der Waals surface area contributed by atoms with Gasteiger partial charge in [0.25, 0.3) is 0 Å². The Bertz CT molecular complexity index is 2410. The minimum atomic E-state index is -4.89. The summed E-state index contributed by atoms with van der Waals surface area (Å²) < 4.78 is 162. The largest absolute Gasteiger partial charge is 0.472 e.